The molecule has 1 aliphatic carbocycles. The largest absolute Gasteiger partial charge is 0.481 e. The van der Waals surface area contributed by atoms with Gasteiger partial charge in [-0.1, -0.05) is 12.5 Å². The molecule has 3 rings (SSSR count). The van der Waals surface area contributed by atoms with Gasteiger partial charge in [-0.05, 0) is 59.3 Å². The molecule has 1 heterocycles. The molecular formula is C15H18BrNO2. The summed E-state index contributed by atoms with van der Waals surface area (Å²) in [6.07, 6.45) is 5.02. The van der Waals surface area contributed by atoms with Crippen LogP contribution in [0.3, 0.4) is 0 Å². The van der Waals surface area contributed by atoms with Gasteiger partial charge in [-0.2, -0.15) is 0 Å². The van der Waals surface area contributed by atoms with E-state index in [1.807, 2.05) is 12.1 Å². The van der Waals surface area contributed by atoms with E-state index in [1.54, 1.807) is 0 Å². The molecule has 2 aliphatic rings. The van der Waals surface area contributed by atoms with Crippen LogP contribution in [0.25, 0.3) is 0 Å². The minimum absolute atomic E-state index is 0.633. The number of benzene rings is 1. The predicted octanol–water partition coefficient (Wildman–Crippen LogP) is 3.56. The van der Waals surface area contributed by atoms with E-state index in [1.165, 1.54) is 18.5 Å². The molecule has 0 spiro atoms. The van der Waals surface area contributed by atoms with Crippen molar-refractivity contribution in [3.8, 4) is 0 Å². The maximum atomic E-state index is 11.5. The number of anilines is 1. The van der Waals surface area contributed by atoms with E-state index in [4.69, 9.17) is 0 Å². The average Bonchev–Trinajstić information content (AvgIpc) is 2.80. The van der Waals surface area contributed by atoms with Crippen molar-refractivity contribution in [3.05, 3.63) is 28.2 Å². The van der Waals surface area contributed by atoms with Gasteiger partial charge in [-0.15, -0.1) is 0 Å². The summed E-state index contributed by atoms with van der Waals surface area (Å²) in [6.45, 7) is 2.20. The summed E-state index contributed by atoms with van der Waals surface area (Å²) >= 11 is 3.62. The molecule has 0 unspecified atom stereocenters. The Morgan fingerprint density at radius 3 is 2.37 bits per heavy atom. The normalized spacial score (nSPS) is 21.2. The van der Waals surface area contributed by atoms with Crippen LogP contribution in [0, 0.1) is 0 Å². The predicted molar refractivity (Wildman–Crippen MR) is 78.8 cm³/mol. The van der Waals surface area contributed by atoms with Crippen LogP contribution < -0.4 is 4.90 Å². The summed E-state index contributed by atoms with van der Waals surface area (Å²) in [5.74, 6) is -0.681. The summed E-state index contributed by atoms with van der Waals surface area (Å²) < 4.78 is 1.03. The van der Waals surface area contributed by atoms with E-state index in [2.05, 4.69) is 26.9 Å². The highest BCUT2D eigenvalue weighted by atomic mass is 79.9. The summed E-state index contributed by atoms with van der Waals surface area (Å²) in [7, 11) is 0. The van der Waals surface area contributed by atoms with E-state index in [9.17, 15) is 9.90 Å². The van der Waals surface area contributed by atoms with E-state index in [0.717, 1.165) is 42.4 Å². The van der Waals surface area contributed by atoms with Crippen molar-refractivity contribution in [1.82, 2.24) is 0 Å². The van der Waals surface area contributed by atoms with Crippen LogP contribution in [0.5, 0.6) is 0 Å². The molecule has 19 heavy (non-hydrogen) atoms. The number of carboxylic acids is 1. The zero-order valence-corrected chi connectivity index (χ0v) is 12.4. The molecular weight excluding hydrogens is 306 g/mol. The van der Waals surface area contributed by atoms with Gasteiger partial charge in [0.05, 0.1) is 11.1 Å². The first-order valence-corrected chi connectivity index (χ1v) is 7.71. The van der Waals surface area contributed by atoms with Crippen molar-refractivity contribution in [2.75, 3.05) is 18.0 Å². The van der Waals surface area contributed by atoms with Gasteiger partial charge < -0.3 is 10.0 Å². The number of nitrogens with zero attached hydrogens (tertiary/aromatic N) is 1. The molecule has 1 aromatic carbocycles. The van der Waals surface area contributed by atoms with Crippen molar-refractivity contribution in [1.29, 1.82) is 0 Å². The number of aliphatic carboxylic acids is 1. The monoisotopic (exact) mass is 323 g/mol. The topological polar surface area (TPSA) is 40.5 Å². The number of rotatable bonds is 3. The SMILES string of the molecule is O=C(O)C1(c2ccc(N3CCCC3)c(Br)c2)CCC1. The Morgan fingerprint density at radius 2 is 1.89 bits per heavy atom. The highest BCUT2D eigenvalue weighted by Crippen LogP contribution is 2.45. The van der Waals surface area contributed by atoms with Gasteiger partial charge in [0.15, 0.2) is 0 Å². The van der Waals surface area contributed by atoms with Crippen molar-refractivity contribution in [2.24, 2.45) is 0 Å². The second-order valence-corrected chi connectivity index (χ2v) is 6.46. The molecule has 0 radical (unpaired) electrons. The Hall–Kier alpha value is -1.03. The fraction of sp³-hybridized carbons (Fsp3) is 0.533. The molecule has 1 aromatic rings. The molecule has 0 aromatic heterocycles. The molecule has 0 atom stereocenters. The lowest BCUT2D eigenvalue weighted by molar-refractivity contribution is -0.147. The smallest absolute Gasteiger partial charge is 0.314 e. The summed E-state index contributed by atoms with van der Waals surface area (Å²) in [6, 6.07) is 6.10. The number of hydrogen-bond donors (Lipinski definition) is 1. The summed E-state index contributed by atoms with van der Waals surface area (Å²) in [4.78, 5) is 13.9. The molecule has 2 fully saturated rings. The van der Waals surface area contributed by atoms with Gasteiger partial charge in [-0.3, -0.25) is 4.79 Å². The Bertz CT molecular complexity index is 505. The Labute approximate surface area is 121 Å². The first-order valence-electron chi connectivity index (χ1n) is 6.92. The van der Waals surface area contributed by atoms with E-state index in [0.29, 0.717) is 0 Å². The van der Waals surface area contributed by atoms with E-state index >= 15 is 0 Å². The third-order valence-corrected chi connectivity index (χ3v) is 5.20. The van der Waals surface area contributed by atoms with Crippen LogP contribution in [0.4, 0.5) is 5.69 Å². The lowest BCUT2D eigenvalue weighted by Gasteiger charge is -2.38. The first kappa shape index (κ1) is 13.0. The molecule has 1 aliphatic heterocycles. The van der Waals surface area contributed by atoms with Crippen LogP contribution in [0.2, 0.25) is 0 Å². The first-order chi connectivity index (χ1) is 9.13. The van der Waals surface area contributed by atoms with Gasteiger partial charge in [-0.25, -0.2) is 0 Å². The van der Waals surface area contributed by atoms with E-state index in [-0.39, 0.29) is 0 Å². The Kier molecular flexibility index (Phi) is 3.29. The van der Waals surface area contributed by atoms with Gasteiger partial charge in [0.25, 0.3) is 0 Å². The van der Waals surface area contributed by atoms with Crippen LogP contribution in [-0.4, -0.2) is 24.2 Å². The van der Waals surface area contributed by atoms with Gasteiger partial charge in [0.2, 0.25) is 0 Å². The van der Waals surface area contributed by atoms with Crippen LogP contribution >= 0.6 is 15.9 Å². The zero-order chi connectivity index (χ0) is 13.5. The highest BCUT2D eigenvalue weighted by molar-refractivity contribution is 9.10. The lowest BCUT2D eigenvalue weighted by Crippen LogP contribution is -2.42. The quantitative estimate of drug-likeness (QED) is 0.924. The molecule has 4 heteroatoms. The molecule has 3 nitrogen and oxygen atoms in total. The summed E-state index contributed by atoms with van der Waals surface area (Å²) in [5, 5.41) is 9.48. The number of carbonyl (C=O) groups is 1. The fourth-order valence-electron chi connectivity index (χ4n) is 3.18. The lowest BCUT2D eigenvalue weighted by atomic mass is 9.64. The standard InChI is InChI=1S/C15H18BrNO2/c16-12-10-11(15(14(18)19)6-3-7-15)4-5-13(12)17-8-1-2-9-17/h4-5,10H,1-3,6-9H2,(H,18,19). The van der Waals surface area contributed by atoms with Crippen LogP contribution in [-0.2, 0) is 10.2 Å². The highest BCUT2D eigenvalue weighted by Gasteiger charge is 2.46. The second kappa shape index (κ2) is 4.82. The Morgan fingerprint density at radius 1 is 1.21 bits per heavy atom. The maximum Gasteiger partial charge on any atom is 0.314 e. The van der Waals surface area contributed by atoms with Gasteiger partial charge >= 0.3 is 5.97 Å². The molecule has 0 amide bonds. The molecule has 1 N–H and O–H groups in total. The van der Waals surface area contributed by atoms with E-state index < -0.39 is 11.4 Å². The third kappa shape index (κ3) is 2.06. The summed E-state index contributed by atoms with van der Waals surface area (Å²) in [5.41, 5.74) is 1.51. The fourth-order valence-corrected chi connectivity index (χ4v) is 3.80. The molecule has 1 saturated carbocycles. The molecule has 1 saturated heterocycles. The zero-order valence-electron chi connectivity index (χ0n) is 10.9. The van der Waals surface area contributed by atoms with Crippen molar-refractivity contribution in [2.45, 2.75) is 37.5 Å². The number of hydrogen-bond acceptors (Lipinski definition) is 2. The van der Waals surface area contributed by atoms with Gasteiger partial charge in [0, 0.05) is 17.6 Å². The van der Waals surface area contributed by atoms with Crippen molar-refractivity contribution in [3.63, 3.8) is 0 Å². The van der Waals surface area contributed by atoms with Crippen LogP contribution in [0.15, 0.2) is 22.7 Å². The minimum Gasteiger partial charge on any atom is -0.481 e. The van der Waals surface area contributed by atoms with Crippen LogP contribution in [0.1, 0.15) is 37.7 Å². The third-order valence-electron chi connectivity index (χ3n) is 4.56. The maximum absolute atomic E-state index is 11.5. The second-order valence-electron chi connectivity index (χ2n) is 5.60. The average molecular weight is 324 g/mol. The van der Waals surface area contributed by atoms with Crippen molar-refractivity contribution < 1.29 is 9.90 Å². The molecule has 102 valence electrons. The minimum atomic E-state index is -0.681. The number of carboxylic acid groups (broad SMARTS) is 1. The molecule has 0 bridgehead atoms. The van der Waals surface area contributed by atoms with Gasteiger partial charge in [0.1, 0.15) is 0 Å². The van der Waals surface area contributed by atoms with Crippen molar-refractivity contribution >= 4 is 27.6 Å². The Balaban J connectivity index is 1.92. The number of halogens is 1.